The standard InChI is InChI=1S/C45H43N3O/c1-6-8-16-30(3)25-26-36-34-19-11-12-20-35(34)39(7-2)46-41(36)27-31(4)48(5)43-29-33-18-10-9-17-32(33)28-42(43)47-40-23-15-22-38-37-21-13-14-24-44(37)49-45(38)40/h7-24,28-29,36,41,47H,2-4,6,25-27H2,1,5H3/b16-8-. The third-order valence-corrected chi connectivity index (χ3v) is 9.78. The van der Waals surface area contributed by atoms with E-state index in [9.17, 15) is 0 Å². The highest BCUT2D eigenvalue weighted by molar-refractivity contribution is 6.11. The van der Waals surface area contributed by atoms with Gasteiger partial charge < -0.3 is 14.6 Å². The molecule has 1 aromatic heterocycles. The molecule has 2 heterocycles. The maximum atomic E-state index is 6.39. The normalized spacial score (nSPS) is 15.8. The van der Waals surface area contributed by atoms with Gasteiger partial charge in [0.15, 0.2) is 5.58 Å². The molecule has 0 spiro atoms. The molecule has 0 fully saturated rings. The number of rotatable bonds is 12. The van der Waals surface area contributed by atoms with Crippen LogP contribution >= 0.6 is 0 Å². The van der Waals surface area contributed by atoms with Gasteiger partial charge in [-0.1, -0.05) is 123 Å². The Hall–Kier alpha value is -5.61. The zero-order valence-electron chi connectivity index (χ0n) is 28.5. The van der Waals surface area contributed by atoms with E-state index in [1.54, 1.807) is 0 Å². The fourth-order valence-electron chi connectivity index (χ4n) is 7.15. The summed E-state index contributed by atoms with van der Waals surface area (Å²) in [4.78, 5) is 7.53. The molecule has 2 unspecified atom stereocenters. The quantitative estimate of drug-likeness (QED) is 0.135. The first-order valence-electron chi connectivity index (χ1n) is 17.2. The Balaban J connectivity index is 1.23. The summed E-state index contributed by atoms with van der Waals surface area (Å²) < 4.78 is 6.39. The van der Waals surface area contributed by atoms with Crippen LogP contribution in [0.3, 0.4) is 0 Å². The molecule has 0 saturated carbocycles. The number of benzene rings is 5. The largest absolute Gasteiger partial charge is 0.454 e. The average molecular weight is 642 g/mol. The van der Waals surface area contributed by atoms with Gasteiger partial charge in [0.05, 0.1) is 28.8 Å². The summed E-state index contributed by atoms with van der Waals surface area (Å²) in [5.41, 5.74) is 10.3. The summed E-state index contributed by atoms with van der Waals surface area (Å²) in [5, 5.41) is 8.29. The Morgan fingerprint density at radius 2 is 1.61 bits per heavy atom. The molecular weight excluding hydrogens is 599 g/mol. The van der Waals surface area contributed by atoms with Crippen molar-refractivity contribution in [3.8, 4) is 0 Å². The van der Waals surface area contributed by atoms with Gasteiger partial charge in [-0.2, -0.15) is 0 Å². The predicted octanol–water partition coefficient (Wildman–Crippen LogP) is 12.3. The molecule has 0 aliphatic carbocycles. The molecule has 1 aliphatic rings. The molecule has 1 N–H and O–H groups in total. The number of para-hydroxylation sites is 2. The Morgan fingerprint density at radius 1 is 0.878 bits per heavy atom. The van der Waals surface area contributed by atoms with Crippen molar-refractivity contribution in [3.63, 3.8) is 0 Å². The number of nitrogens with zero attached hydrogens (tertiary/aromatic N) is 2. The zero-order valence-corrected chi connectivity index (χ0v) is 28.5. The summed E-state index contributed by atoms with van der Waals surface area (Å²) in [6, 6.07) is 36.1. The maximum absolute atomic E-state index is 6.39. The van der Waals surface area contributed by atoms with Crippen molar-refractivity contribution < 1.29 is 4.42 Å². The van der Waals surface area contributed by atoms with Crippen LogP contribution in [0.25, 0.3) is 32.7 Å². The van der Waals surface area contributed by atoms with Crippen molar-refractivity contribution in [2.45, 2.75) is 44.6 Å². The Morgan fingerprint density at radius 3 is 2.43 bits per heavy atom. The molecule has 4 heteroatoms. The lowest BCUT2D eigenvalue weighted by molar-refractivity contribution is 0.490. The summed E-state index contributed by atoms with van der Waals surface area (Å²) in [5.74, 6) is 0.233. The van der Waals surface area contributed by atoms with Gasteiger partial charge in [0.25, 0.3) is 0 Å². The molecule has 0 saturated heterocycles. The molecule has 4 nitrogen and oxygen atoms in total. The molecule has 49 heavy (non-hydrogen) atoms. The van der Waals surface area contributed by atoms with Crippen LogP contribution in [0.4, 0.5) is 17.1 Å². The number of anilines is 3. The maximum Gasteiger partial charge on any atom is 0.158 e. The SMILES string of the molecule is C=CC1=NC(CC(=C)N(C)c2cc3ccccc3cc2Nc2cccc3c2oc2ccccc23)C(CCC(=C)/C=C\CC)c2ccccc21. The van der Waals surface area contributed by atoms with Gasteiger partial charge in [0, 0.05) is 41.4 Å². The molecular formula is C45H43N3O. The lowest BCUT2D eigenvalue weighted by Gasteiger charge is -2.34. The Bertz CT molecular complexity index is 2270. The topological polar surface area (TPSA) is 40.8 Å². The van der Waals surface area contributed by atoms with Gasteiger partial charge in [-0.15, -0.1) is 0 Å². The fourth-order valence-corrected chi connectivity index (χ4v) is 7.15. The van der Waals surface area contributed by atoms with Crippen LogP contribution in [0.15, 0.2) is 162 Å². The minimum absolute atomic E-state index is 0.0157. The van der Waals surface area contributed by atoms with Gasteiger partial charge in [0.2, 0.25) is 0 Å². The molecule has 5 aromatic carbocycles. The van der Waals surface area contributed by atoms with Gasteiger partial charge in [-0.05, 0) is 65.9 Å². The van der Waals surface area contributed by atoms with Crippen molar-refractivity contribution in [3.05, 3.63) is 163 Å². The Labute approximate surface area is 289 Å². The Kier molecular flexibility index (Phi) is 9.04. The molecule has 1 aliphatic heterocycles. The van der Waals surface area contributed by atoms with Crippen LogP contribution in [-0.4, -0.2) is 18.8 Å². The van der Waals surface area contributed by atoms with E-state index in [1.165, 1.54) is 16.5 Å². The van der Waals surface area contributed by atoms with Gasteiger partial charge >= 0.3 is 0 Å². The molecule has 2 atom stereocenters. The summed E-state index contributed by atoms with van der Waals surface area (Å²) in [6.07, 6.45) is 9.82. The summed E-state index contributed by atoms with van der Waals surface area (Å²) in [7, 11) is 2.11. The van der Waals surface area contributed by atoms with Gasteiger partial charge in [-0.3, -0.25) is 4.99 Å². The van der Waals surface area contributed by atoms with E-state index in [0.717, 1.165) is 80.6 Å². The molecule has 6 aromatic rings. The number of hydrogen-bond acceptors (Lipinski definition) is 4. The van der Waals surface area contributed by atoms with Gasteiger partial charge in [0.1, 0.15) is 5.58 Å². The van der Waals surface area contributed by atoms with Crippen LogP contribution in [0.2, 0.25) is 0 Å². The first-order chi connectivity index (χ1) is 23.9. The van der Waals surface area contributed by atoms with E-state index in [2.05, 4.69) is 147 Å². The fraction of sp³-hybridized carbons (Fsp3) is 0.178. The van der Waals surface area contributed by atoms with Crippen LogP contribution in [0.5, 0.6) is 0 Å². The van der Waals surface area contributed by atoms with Crippen molar-refractivity contribution in [1.82, 2.24) is 0 Å². The lowest BCUT2D eigenvalue weighted by Crippen LogP contribution is -2.29. The minimum atomic E-state index is 0.0157. The third-order valence-electron chi connectivity index (χ3n) is 9.78. The van der Waals surface area contributed by atoms with E-state index in [4.69, 9.17) is 9.41 Å². The second-order valence-corrected chi connectivity index (χ2v) is 12.9. The second-order valence-electron chi connectivity index (χ2n) is 12.9. The first-order valence-corrected chi connectivity index (χ1v) is 17.2. The molecule has 0 bridgehead atoms. The van der Waals surface area contributed by atoms with Crippen molar-refractivity contribution >= 4 is 55.5 Å². The summed E-state index contributed by atoms with van der Waals surface area (Å²) >= 11 is 0. The first kappa shape index (κ1) is 32.0. The highest BCUT2D eigenvalue weighted by Gasteiger charge is 2.31. The monoisotopic (exact) mass is 641 g/mol. The van der Waals surface area contributed by atoms with Crippen molar-refractivity contribution in [2.75, 3.05) is 17.3 Å². The number of aliphatic imine (C=N–C) groups is 1. The third kappa shape index (κ3) is 6.35. The van der Waals surface area contributed by atoms with E-state index >= 15 is 0 Å². The molecule has 244 valence electrons. The zero-order chi connectivity index (χ0) is 33.9. The van der Waals surface area contributed by atoms with Gasteiger partial charge in [-0.25, -0.2) is 0 Å². The van der Waals surface area contributed by atoms with E-state index in [0.29, 0.717) is 6.42 Å². The number of hydrogen-bond donors (Lipinski definition) is 1. The molecule has 7 rings (SSSR count). The average Bonchev–Trinajstić information content (AvgIpc) is 3.52. The second kappa shape index (κ2) is 13.9. The number of allylic oxidation sites excluding steroid dienone is 4. The highest BCUT2D eigenvalue weighted by Crippen LogP contribution is 2.42. The van der Waals surface area contributed by atoms with Crippen LogP contribution in [-0.2, 0) is 0 Å². The van der Waals surface area contributed by atoms with Crippen LogP contribution in [0, 0.1) is 0 Å². The number of fused-ring (bicyclic) bond motifs is 5. The molecule has 0 amide bonds. The lowest BCUT2D eigenvalue weighted by atomic mass is 9.79. The van der Waals surface area contributed by atoms with E-state index in [-0.39, 0.29) is 12.0 Å². The molecule has 0 radical (unpaired) electrons. The van der Waals surface area contributed by atoms with Crippen molar-refractivity contribution in [2.24, 2.45) is 4.99 Å². The highest BCUT2D eigenvalue weighted by atomic mass is 16.3. The number of nitrogens with one attached hydrogen (secondary N) is 1. The number of furan rings is 1. The summed E-state index contributed by atoms with van der Waals surface area (Å²) in [6.45, 7) is 15.3. The smallest absolute Gasteiger partial charge is 0.158 e. The van der Waals surface area contributed by atoms with Crippen LogP contribution < -0.4 is 10.2 Å². The predicted molar refractivity (Wildman–Crippen MR) is 211 cm³/mol. The van der Waals surface area contributed by atoms with E-state index in [1.807, 2.05) is 18.2 Å². The van der Waals surface area contributed by atoms with Crippen molar-refractivity contribution in [1.29, 1.82) is 0 Å². The van der Waals surface area contributed by atoms with E-state index < -0.39 is 0 Å². The van der Waals surface area contributed by atoms with Crippen LogP contribution in [0.1, 0.15) is 49.7 Å². The minimum Gasteiger partial charge on any atom is -0.454 e.